The summed E-state index contributed by atoms with van der Waals surface area (Å²) >= 11 is 0. The van der Waals surface area contributed by atoms with Gasteiger partial charge in [0.05, 0.1) is 18.3 Å². The van der Waals surface area contributed by atoms with Crippen LogP contribution in [0.1, 0.15) is 6.92 Å². The maximum absolute atomic E-state index is 12.2. The Kier molecular flexibility index (Phi) is 4.56. The molecule has 0 aliphatic rings. The molecule has 3 rings (SSSR count). The van der Waals surface area contributed by atoms with Gasteiger partial charge in [0, 0.05) is 11.1 Å². The molecule has 0 aliphatic heterocycles. The molecule has 1 heterocycles. The second-order valence-electron chi connectivity index (χ2n) is 5.19. The van der Waals surface area contributed by atoms with Crippen molar-refractivity contribution in [3.05, 3.63) is 65.0 Å². The van der Waals surface area contributed by atoms with E-state index in [1.54, 1.807) is 42.5 Å². The molecule has 24 heavy (non-hydrogen) atoms. The summed E-state index contributed by atoms with van der Waals surface area (Å²) in [4.78, 5) is 24.0. The first-order valence-corrected chi connectivity index (χ1v) is 7.65. The first-order chi connectivity index (χ1) is 11.7. The normalized spacial score (nSPS) is 10.5. The van der Waals surface area contributed by atoms with Gasteiger partial charge in [-0.1, -0.05) is 12.1 Å². The molecule has 1 amide bonds. The second kappa shape index (κ2) is 6.95. The summed E-state index contributed by atoms with van der Waals surface area (Å²) in [7, 11) is 0. The Morgan fingerprint density at radius 1 is 1.17 bits per heavy atom. The molecule has 0 spiro atoms. The van der Waals surface area contributed by atoms with E-state index in [2.05, 4.69) is 10.4 Å². The molecule has 0 aliphatic carbocycles. The van der Waals surface area contributed by atoms with Crippen LogP contribution in [-0.2, 0) is 11.3 Å². The standard InChI is InChI=1S/C18H17N3O3/c1-2-24-14-9-7-13(8-10-14)20-18(23)12-21-16-6-4-3-5-15(16)17(22)11-19-21/h3-11H,2,12H2,1H3,(H,20,23). The molecule has 0 saturated heterocycles. The van der Waals surface area contributed by atoms with Crippen LogP contribution in [0.3, 0.4) is 0 Å². The van der Waals surface area contributed by atoms with Gasteiger partial charge in [-0.05, 0) is 43.3 Å². The Labute approximate surface area is 138 Å². The van der Waals surface area contributed by atoms with Crippen molar-refractivity contribution in [2.75, 3.05) is 11.9 Å². The van der Waals surface area contributed by atoms with Crippen LogP contribution in [0.4, 0.5) is 5.69 Å². The Bertz CT molecular complexity index is 917. The van der Waals surface area contributed by atoms with E-state index in [0.717, 1.165) is 5.75 Å². The van der Waals surface area contributed by atoms with Gasteiger partial charge in [0.1, 0.15) is 12.3 Å². The number of ether oxygens (including phenoxy) is 1. The number of nitrogens with zero attached hydrogens (tertiary/aromatic N) is 2. The molecule has 6 nitrogen and oxygen atoms in total. The summed E-state index contributed by atoms with van der Waals surface area (Å²) in [5, 5.41) is 7.40. The molecule has 2 aromatic carbocycles. The largest absolute Gasteiger partial charge is 0.494 e. The van der Waals surface area contributed by atoms with Gasteiger partial charge in [0.15, 0.2) is 0 Å². The van der Waals surface area contributed by atoms with Crippen LogP contribution in [0.5, 0.6) is 5.75 Å². The first-order valence-electron chi connectivity index (χ1n) is 7.65. The molecule has 0 fully saturated rings. The van der Waals surface area contributed by atoms with Crippen molar-refractivity contribution < 1.29 is 9.53 Å². The lowest BCUT2D eigenvalue weighted by Crippen LogP contribution is -2.22. The average molecular weight is 323 g/mol. The fourth-order valence-electron chi connectivity index (χ4n) is 2.42. The number of carbonyl (C=O) groups is 1. The molecule has 0 atom stereocenters. The van der Waals surface area contributed by atoms with Crippen LogP contribution in [-0.4, -0.2) is 22.3 Å². The molecule has 0 saturated carbocycles. The smallest absolute Gasteiger partial charge is 0.246 e. The van der Waals surface area contributed by atoms with Crippen molar-refractivity contribution in [1.82, 2.24) is 9.78 Å². The highest BCUT2D eigenvalue weighted by atomic mass is 16.5. The SMILES string of the molecule is CCOc1ccc(NC(=O)Cn2ncc(=O)c3ccccc32)cc1. The summed E-state index contributed by atoms with van der Waals surface area (Å²) in [6.07, 6.45) is 1.23. The number of amides is 1. The number of carbonyl (C=O) groups excluding carboxylic acids is 1. The quantitative estimate of drug-likeness (QED) is 0.782. The van der Waals surface area contributed by atoms with Crippen LogP contribution in [0, 0.1) is 0 Å². The highest BCUT2D eigenvalue weighted by Crippen LogP contribution is 2.16. The van der Waals surface area contributed by atoms with Crippen LogP contribution >= 0.6 is 0 Å². The van der Waals surface area contributed by atoms with Gasteiger partial charge in [0.25, 0.3) is 0 Å². The Balaban J connectivity index is 1.75. The molecule has 1 aromatic heterocycles. The van der Waals surface area contributed by atoms with Gasteiger partial charge in [-0.3, -0.25) is 14.3 Å². The van der Waals surface area contributed by atoms with Crippen LogP contribution in [0.15, 0.2) is 59.5 Å². The van der Waals surface area contributed by atoms with Crippen molar-refractivity contribution in [2.45, 2.75) is 13.5 Å². The number of rotatable bonds is 5. The number of para-hydroxylation sites is 1. The van der Waals surface area contributed by atoms with Crippen molar-refractivity contribution in [3.63, 3.8) is 0 Å². The minimum Gasteiger partial charge on any atom is -0.494 e. The van der Waals surface area contributed by atoms with Gasteiger partial charge < -0.3 is 10.1 Å². The minimum atomic E-state index is -0.222. The van der Waals surface area contributed by atoms with Gasteiger partial charge in [0.2, 0.25) is 11.3 Å². The van der Waals surface area contributed by atoms with Crippen LogP contribution < -0.4 is 15.5 Å². The zero-order chi connectivity index (χ0) is 16.9. The van der Waals surface area contributed by atoms with Crippen molar-refractivity contribution >= 4 is 22.5 Å². The lowest BCUT2D eigenvalue weighted by atomic mass is 10.2. The Hall–Kier alpha value is -3.15. The predicted molar refractivity (Wildman–Crippen MR) is 92.2 cm³/mol. The molecule has 0 bridgehead atoms. The van der Waals surface area contributed by atoms with E-state index in [1.165, 1.54) is 10.9 Å². The van der Waals surface area contributed by atoms with E-state index in [9.17, 15) is 9.59 Å². The van der Waals surface area contributed by atoms with E-state index in [-0.39, 0.29) is 17.9 Å². The molecule has 0 radical (unpaired) electrons. The van der Waals surface area contributed by atoms with Gasteiger partial charge in [-0.2, -0.15) is 5.10 Å². The number of benzene rings is 2. The average Bonchev–Trinajstić information content (AvgIpc) is 2.60. The Morgan fingerprint density at radius 3 is 2.67 bits per heavy atom. The zero-order valence-corrected chi connectivity index (χ0v) is 13.2. The fraction of sp³-hybridized carbons (Fsp3) is 0.167. The predicted octanol–water partition coefficient (Wildman–Crippen LogP) is 2.43. The lowest BCUT2D eigenvalue weighted by molar-refractivity contribution is -0.116. The maximum atomic E-state index is 12.2. The summed E-state index contributed by atoms with van der Waals surface area (Å²) in [5.41, 5.74) is 1.15. The highest BCUT2D eigenvalue weighted by molar-refractivity contribution is 5.91. The number of nitrogens with one attached hydrogen (secondary N) is 1. The monoisotopic (exact) mass is 323 g/mol. The van der Waals surface area contributed by atoms with E-state index < -0.39 is 0 Å². The number of fused-ring (bicyclic) bond motifs is 1. The first kappa shape index (κ1) is 15.7. The van der Waals surface area contributed by atoms with Gasteiger partial charge >= 0.3 is 0 Å². The minimum absolute atomic E-state index is 0.0218. The molecule has 1 N–H and O–H groups in total. The number of anilines is 1. The Morgan fingerprint density at radius 2 is 1.92 bits per heavy atom. The van der Waals surface area contributed by atoms with Crippen LogP contribution in [0.2, 0.25) is 0 Å². The van der Waals surface area contributed by atoms with Gasteiger partial charge in [-0.15, -0.1) is 0 Å². The lowest BCUT2D eigenvalue weighted by Gasteiger charge is -2.10. The molecule has 3 aromatic rings. The van der Waals surface area contributed by atoms with Crippen molar-refractivity contribution in [1.29, 1.82) is 0 Å². The van der Waals surface area contributed by atoms with Crippen molar-refractivity contribution in [2.24, 2.45) is 0 Å². The highest BCUT2D eigenvalue weighted by Gasteiger charge is 2.08. The number of hydrogen-bond donors (Lipinski definition) is 1. The third kappa shape index (κ3) is 3.43. The molecule has 6 heteroatoms. The summed E-state index contributed by atoms with van der Waals surface area (Å²) < 4.78 is 6.88. The third-order valence-corrected chi connectivity index (χ3v) is 3.50. The fourth-order valence-corrected chi connectivity index (χ4v) is 2.42. The van der Waals surface area contributed by atoms with Crippen molar-refractivity contribution in [3.8, 4) is 5.75 Å². The summed E-state index contributed by atoms with van der Waals surface area (Å²) in [5.74, 6) is 0.532. The zero-order valence-electron chi connectivity index (χ0n) is 13.2. The molecular weight excluding hydrogens is 306 g/mol. The van der Waals surface area contributed by atoms with Crippen LogP contribution in [0.25, 0.3) is 10.9 Å². The molecule has 0 unspecified atom stereocenters. The van der Waals surface area contributed by atoms with E-state index >= 15 is 0 Å². The maximum Gasteiger partial charge on any atom is 0.246 e. The topological polar surface area (TPSA) is 73.2 Å². The van der Waals surface area contributed by atoms with Gasteiger partial charge in [-0.25, -0.2) is 0 Å². The number of aromatic nitrogens is 2. The summed E-state index contributed by atoms with van der Waals surface area (Å²) in [6.45, 7) is 2.53. The van der Waals surface area contributed by atoms with E-state index in [4.69, 9.17) is 4.74 Å². The second-order valence-corrected chi connectivity index (χ2v) is 5.19. The van der Waals surface area contributed by atoms with E-state index in [1.807, 2.05) is 13.0 Å². The molecular formula is C18H17N3O3. The third-order valence-electron chi connectivity index (χ3n) is 3.50. The summed E-state index contributed by atoms with van der Waals surface area (Å²) in [6, 6.07) is 14.2. The van der Waals surface area contributed by atoms with E-state index in [0.29, 0.717) is 23.2 Å². The number of hydrogen-bond acceptors (Lipinski definition) is 4. The molecule has 122 valence electrons.